The Balaban J connectivity index is 2.17. The summed E-state index contributed by atoms with van der Waals surface area (Å²) < 4.78 is 9.65. The van der Waals surface area contributed by atoms with Crippen molar-refractivity contribution >= 4 is 23.7 Å². The van der Waals surface area contributed by atoms with E-state index in [1.54, 1.807) is 26.0 Å². The van der Waals surface area contributed by atoms with Crippen LogP contribution in [0.5, 0.6) is 0 Å². The van der Waals surface area contributed by atoms with Crippen LogP contribution in [0.15, 0.2) is 35.4 Å². The summed E-state index contributed by atoms with van der Waals surface area (Å²) in [5.41, 5.74) is 2.60. The lowest BCUT2D eigenvalue weighted by Crippen LogP contribution is -2.09. The van der Waals surface area contributed by atoms with Crippen molar-refractivity contribution in [1.29, 1.82) is 5.26 Å². The lowest BCUT2D eigenvalue weighted by molar-refractivity contribution is 0.0523. The van der Waals surface area contributed by atoms with E-state index in [0.29, 0.717) is 33.2 Å². The van der Waals surface area contributed by atoms with Crippen molar-refractivity contribution in [2.45, 2.75) is 24.6 Å². The maximum atomic E-state index is 11.9. The van der Waals surface area contributed by atoms with Gasteiger partial charge in [-0.15, -0.1) is 11.8 Å². The van der Waals surface area contributed by atoms with Crippen LogP contribution in [-0.4, -0.2) is 30.6 Å². The predicted molar refractivity (Wildman–Crippen MR) is 97.0 cm³/mol. The van der Waals surface area contributed by atoms with Crippen LogP contribution in [0.25, 0.3) is 0 Å². The number of aryl methyl sites for hydroxylation is 1. The molecule has 0 N–H and O–H groups in total. The van der Waals surface area contributed by atoms with Gasteiger partial charge in [-0.25, -0.2) is 14.6 Å². The number of nitriles is 1. The Morgan fingerprint density at radius 2 is 1.92 bits per heavy atom. The summed E-state index contributed by atoms with van der Waals surface area (Å²) in [4.78, 5) is 27.8. The highest BCUT2D eigenvalue weighted by atomic mass is 32.2. The molecule has 0 amide bonds. The van der Waals surface area contributed by atoms with E-state index in [2.05, 4.69) is 15.8 Å². The number of benzene rings is 1. The number of nitrogens with zero attached hydrogens (tertiary/aromatic N) is 2. The van der Waals surface area contributed by atoms with Crippen LogP contribution in [0.1, 0.15) is 44.5 Å². The second kappa shape index (κ2) is 9.02. The molecule has 2 aromatic rings. The largest absolute Gasteiger partial charge is 0.465 e. The molecule has 0 fully saturated rings. The third kappa shape index (κ3) is 4.61. The maximum Gasteiger partial charge on any atom is 0.340 e. The van der Waals surface area contributed by atoms with Gasteiger partial charge in [0.2, 0.25) is 0 Å². The molecule has 0 saturated heterocycles. The molecule has 0 atom stereocenters. The van der Waals surface area contributed by atoms with Gasteiger partial charge in [0.1, 0.15) is 11.1 Å². The number of pyridine rings is 1. The van der Waals surface area contributed by atoms with Gasteiger partial charge in [0.15, 0.2) is 0 Å². The van der Waals surface area contributed by atoms with Crippen molar-refractivity contribution in [3.05, 3.63) is 58.3 Å². The zero-order chi connectivity index (χ0) is 19.1. The number of methoxy groups -OCH3 is 1. The molecule has 7 heteroatoms. The highest BCUT2D eigenvalue weighted by Crippen LogP contribution is 2.26. The number of carbonyl (C=O) groups excluding carboxylic acids is 2. The first-order valence-corrected chi connectivity index (χ1v) is 8.87. The van der Waals surface area contributed by atoms with E-state index in [1.807, 2.05) is 12.1 Å². The zero-order valence-corrected chi connectivity index (χ0v) is 15.6. The standard InChI is InChI=1S/C19H18N2O4S/c1-4-25-19(23)16-9-15(10-20)17(21-12(16)2)26-11-13-5-7-14(8-6-13)18(22)24-3/h5-9H,4,11H2,1-3H3. The molecular weight excluding hydrogens is 352 g/mol. The fourth-order valence-electron chi connectivity index (χ4n) is 2.20. The minimum absolute atomic E-state index is 0.262. The molecule has 0 aliphatic heterocycles. The van der Waals surface area contributed by atoms with Crippen molar-refractivity contribution < 1.29 is 19.1 Å². The molecule has 0 saturated carbocycles. The molecule has 0 bridgehead atoms. The third-order valence-electron chi connectivity index (χ3n) is 3.54. The van der Waals surface area contributed by atoms with Crippen molar-refractivity contribution in [2.75, 3.05) is 13.7 Å². The van der Waals surface area contributed by atoms with Crippen LogP contribution >= 0.6 is 11.8 Å². The van der Waals surface area contributed by atoms with Gasteiger partial charge in [-0.05, 0) is 37.6 Å². The Labute approximate surface area is 156 Å². The Morgan fingerprint density at radius 3 is 2.50 bits per heavy atom. The fourth-order valence-corrected chi connectivity index (χ4v) is 3.15. The first kappa shape index (κ1) is 19.5. The molecule has 0 radical (unpaired) electrons. The van der Waals surface area contributed by atoms with Gasteiger partial charge in [-0.2, -0.15) is 5.26 Å². The Kier molecular flexibility index (Phi) is 6.75. The van der Waals surface area contributed by atoms with E-state index >= 15 is 0 Å². The molecule has 0 aliphatic carbocycles. The Bertz CT molecular complexity index is 857. The molecule has 1 aromatic heterocycles. The summed E-state index contributed by atoms with van der Waals surface area (Å²) in [7, 11) is 1.34. The summed E-state index contributed by atoms with van der Waals surface area (Å²) in [6, 6.07) is 10.6. The monoisotopic (exact) mass is 370 g/mol. The zero-order valence-electron chi connectivity index (χ0n) is 14.7. The van der Waals surface area contributed by atoms with E-state index in [4.69, 9.17) is 4.74 Å². The molecular formula is C19H18N2O4S. The normalized spacial score (nSPS) is 10.1. The van der Waals surface area contributed by atoms with Gasteiger partial charge in [-0.3, -0.25) is 0 Å². The molecule has 2 rings (SSSR count). The molecule has 0 unspecified atom stereocenters. The van der Waals surface area contributed by atoms with Crippen molar-refractivity contribution in [2.24, 2.45) is 0 Å². The Morgan fingerprint density at radius 1 is 1.23 bits per heavy atom. The topological polar surface area (TPSA) is 89.3 Å². The smallest absolute Gasteiger partial charge is 0.340 e. The summed E-state index contributed by atoms with van der Waals surface area (Å²) in [5.74, 6) is -0.298. The summed E-state index contributed by atoms with van der Waals surface area (Å²) in [5, 5.41) is 9.91. The SMILES string of the molecule is CCOC(=O)c1cc(C#N)c(SCc2ccc(C(=O)OC)cc2)nc1C. The first-order valence-electron chi connectivity index (χ1n) is 7.89. The molecule has 1 aromatic carbocycles. The maximum absolute atomic E-state index is 11.9. The van der Waals surface area contributed by atoms with Gasteiger partial charge in [0.05, 0.1) is 36.1 Å². The third-order valence-corrected chi connectivity index (χ3v) is 4.61. The quantitative estimate of drug-likeness (QED) is 0.568. The molecule has 1 heterocycles. The van der Waals surface area contributed by atoms with Crippen LogP contribution < -0.4 is 0 Å². The molecule has 6 nitrogen and oxygen atoms in total. The number of aromatic nitrogens is 1. The average Bonchev–Trinajstić information content (AvgIpc) is 2.66. The van der Waals surface area contributed by atoms with Crippen molar-refractivity contribution in [3.8, 4) is 6.07 Å². The minimum atomic E-state index is -0.482. The lowest BCUT2D eigenvalue weighted by atomic mass is 10.1. The number of rotatable bonds is 6. The van der Waals surface area contributed by atoms with Gasteiger partial charge >= 0.3 is 11.9 Å². The van der Waals surface area contributed by atoms with E-state index in [1.165, 1.54) is 24.9 Å². The summed E-state index contributed by atoms with van der Waals surface area (Å²) in [6.07, 6.45) is 0. The number of thioether (sulfide) groups is 1. The number of ether oxygens (including phenoxy) is 2. The average molecular weight is 370 g/mol. The molecule has 26 heavy (non-hydrogen) atoms. The summed E-state index contributed by atoms with van der Waals surface area (Å²) >= 11 is 1.39. The van der Waals surface area contributed by atoms with Crippen LogP contribution in [0.2, 0.25) is 0 Å². The number of carbonyl (C=O) groups is 2. The van der Waals surface area contributed by atoms with Crippen molar-refractivity contribution in [3.63, 3.8) is 0 Å². The Hall–Kier alpha value is -2.85. The van der Waals surface area contributed by atoms with Crippen LogP contribution in [0, 0.1) is 18.3 Å². The number of hydrogen-bond donors (Lipinski definition) is 0. The van der Waals surface area contributed by atoms with Gasteiger partial charge in [-0.1, -0.05) is 12.1 Å². The van der Waals surface area contributed by atoms with Crippen LogP contribution in [-0.2, 0) is 15.2 Å². The fraction of sp³-hybridized carbons (Fsp3) is 0.263. The minimum Gasteiger partial charge on any atom is -0.465 e. The highest BCUT2D eigenvalue weighted by molar-refractivity contribution is 7.98. The first-order chi connectivity index (χ1) is 12.5. The predicted octanol–water partition coefficient (Wildman–Crippen LogP) is 3.52. The van der Waals surface area contributed by atoms with E-state index in [9.17, 15) is 14.9 Å². The molecule has 134 valence electrons. The van der Waals surface area contributed by atoms with Crippen molar-refractivity contribution in [1.82, 2.24) is 4.98 Å². The van der Waals surface area contributed by atoms with E-state index in [0.717, 1.165) is 5.56 Å². The van der Waals surface area contributed by atoms with Crippen LogP contribution in [0.3, 0.4) is 0 Å². The highest BCUT2D eigenvalue weighted by Gasteiger charge is 2.16. The second-order valence-electron chi connectivity index (χ2n) is 5.28. The number of hydrogen-bond acceptors (Lipinski definition) is 7. The second-order valence-corrected chi connectivity index (χ2v) is 6.25. The van der Waals surface area contributed by atoms with Gasteiger partial charge < -0.3 is 9.47 Å². The van der Waals surface area contributed by atoms with E-state index in [-0.39, 0.29) is 12.6 Å². The van der Waals surface area contributed by atoms with E-state index < -0.39 is 5.97 Å². The molecule has 0 spiro atoms. The van der Waals surface area contributed by atoms with Crippen LogP contribution in [0.4, 0.5) is 0 Å². The lowest BCUT2D eigenvalue weighted by Gasteiger charge is -2.09. The van der Waals surface area contributed by atoms with Gasteiger partial charge in [0.25, 0.3) is 0 Å². The van der Waals surface area contributed by atoms with Gasteiger partial charge in [0, 0.05) is 5.75 Å². The number of esters is 2. The summed E-state index contributed by atoms with van der Waals surface area (Å²) in [6.45, 7) is 3.70. The molecule has 0 aliphatic rings.